The Kier molecular flexibility index (Phi) is 4.26. The molecule has 138 valence electrons. The van der Waals surface area contributed by atoms with Gasteiger partial charge in [-0.2, -0.15) is 0 Å². The van der Waals surface area contributed by atoms with Crippen LogP contribution in [0.5, 0.6) is 0 Å². The summed E-state index contributed by atoms with van der Waals surface area (Å²) in [5, 5.41) is 0.929. The number of fused-ring (bicyclic) bond motifs is 1. The fourth-order valence-electron chi connectivity index (χ4n) is 4.35. The van der Waals surface area contributed by atoms with Crippen LogP contribution in [-0.4, -0.2) is 47.8 Å². The summed E-state index contributed by atoms with van der Waals surface area (Å²) < 4.78 is 24.7. The van der Waals surface area contributed by atoms with E-state index in [0.29, 0.717) is 24.9 Å². The molecule has 0 unspecified atom stereocenters. The van der Waals surface area contributed by atoms with Crippen molar-refractivity contribution in [1.82, 2.24) is 9.88 Å². The van der Waals surface area contributed by atoms with E-state index in [0.717, 1.165) is 35.9 Å². The van der Waals surface area contributed by atoms with Gasteiger partial charge in [0, 0.05) is 29.7 Å². The van der Waals surface area contributed by atoms with Crippen LogP contribution in [0.4, 0.5) is 0 Å². The van der Waals surface area contributed by atoms with Gasteiger partial charge < -0.3 is 4.90 Å². The molecule has 1 aromatic heterocycles. The minimum absolute atomic E-state index is 0.0765. The van der Waals surface area contributed by atoms with Crippen molar-refractivity contribution in [1.29, 1.82) is 0 Å². The second kappa shape index (κ2) is 6.34. The highest BCUT2D eigenvalue weighted by Crippen LogP contribution is 2.39. The highest BCUT2D eigenvalue weighted by molar-refractivity contribution is 7.92. The van der Waals surface area contributed by atoms with E-state index in [1.165, 1.54) is 0 Å². The summed E-state index contributed by atoms with van der Waals surface area (Å²) in [5.74, 6) is -0.0000925. The monoisotopic (exact) mass is 372 g/mol. The van der Waals surface area contributed by atoms with E-state index >= 15 is 0 Å². The molecule has 1 aliphatic heterocycles. The number of carbonyl (C=O) groups excluding carboxylic acids is 1. The van der Waals surface area contributed by atoms with E-state index in [4.69, 9.17) is 0 Å². The average molecular weight is 372 g/mol. The van der Waals surface area contributed by atoms with Crippen molar-refractivity contribution in [2.45, 2.75) is 43.8 Å². The normalized spacial score (nSPS) is 21.8. The van der Waals surface area contributed by atoms with Crippen LogP contribution < -0.4 is 0 Å². The van der Waals surface area contributed by atoms with Crippen LogP contribution >= 0.6 is 0 Å². The van der Waals surface area contributed by atoms with Gasteiger partial charge in [-0.05, 0) is 44.0 Å². The maximum Gasteiger partial charge on any atom is 0.253 e. The number of amides is 1. The largest absolute Gasteiger partial charge is 0.336 e. The zero-order valence-electron chi connectivity index (χ0n) is 15.1. The average Bonchev–Trinajstić information content (AvgIpc) is 2.64. The van der Waals surface area contributed by atoms with E-state index < -0.39 is 14.6 Å². The highest BCUT2D eigenvalue weighted by Gasteiger charge is 2.49. The van der Waals surface area contributed by atoms with Gasteiger partial charge in [-0.25, -0.2) is 8.42 Å². The lowest BCUT2D eigenvalue weighted by atomic mass is 9.87. The zero-order valence-corrected chi connectivity index (χ0v) is 15.9. The van der Waals surface area contributed by atoms with E-state index in [2.05, 4.69) is 4.98 Å². The predicted octanol–water partition coefficient (Wildman–Crippen LogP) is 3.12. The third-order valence-corrected chi connectivity index (χ3v) is 8.47. The summed E-state index contributed by atoms with van der Waals surface area (Å²) in [4.78, 5) is 19.3. The lowest BCUT2D eigenvalue weighted by molar-refractivity contribution is 0.0723. The van der Waals surface area contributed by atoms with Gasteiger partial charge in [0.1, 0.15) is 0 Å². The van der Waals surface area contributed by atoms with Crippen molar-refractivity contribution in [2.24, 2.45) is 0 Å². The summed E-state index contributed by atoms with van der Waals surface area (Å²) in [6, 6.07) is 9.43. The van der Waals surface area contributed by atoms with Gasteiger partial charge in [0.2, 0.25) is 0 Å². The molecule has 1 saturated heterocycles. The summed E-state index contributed by atoms with van der Waals surface area (Å²) >= 11 is 0. The molecule has 2 heterocycles. The quantitative estimate of drug-likeness (QED) is 0.771. The number of aryl methyl sites for hydroxylation is 1. The van der Waals surface area contributed by atoms with Gasteiger partial charge in [-0.3, -0.25) is 9.78 Å². The molecular weight excluding hydrogens is 348 g/mol. The zero-order chi connectivity index (χ0) is 18.4. The van der Waals surface area contributed by atoms with Crippen molar-refractivity contribution in [3.63, 3.8) is 0 Å². The number of benzene rings is 1. The molecule has 0 radical (unpaired) electrons. The topological polar surface area (TPSA) is 67.3 Å². The van der Waals surface area contributed by atoms with Crippen molar-refractivity contribution >= 4 is 26.6 Å². The molecule has 1 aromatic carbocycles. The Morgan fingerprint density at radius 1 is 1.12 bits per heavy atom. The first kappa shape index (κ1) is 17.5. The standard InChI is InChI=1S/C20H24N2O3S/c1-15-5-6-16-13-17(7-8-18(16)21-15)19(23)22-11-12-26(24,25)20(14-22)9-3-2-4-10-20/h5-8,13H,2-4,9-12,14H2,1H3. The smallest absolute Gasteiger partial charge is 0.253 e. The summed E-state index contributed by atoms with van der Waals surface area (Å²) in [6.45, 7) is 2.56. The third kappa shape index (κ3) is 2.90. The van der Waals surface area contributed by atoms with Crippen LogP contribution in [-0.2, 0) is 9.84 Å². The minimum Gasteiger partial charge on any atom is -0.336 e. The van der Waals surface area contributed by atoms with Crippen molar-refractivity contribution in [2.75, 3.05) is 18.8 Å². The van der Waals surface area contributed by atoms with Crippen molar-refractivity contribution in [3.05, 3.63) is 41.6 Å². The van der Waals surface area contributed by atoms with Crippen LogP contribution in [0.2, 0.25) is 0 Å². The number of hydrogen-bond donors (Lipinski definition) is 0. The Hall–Kier alpha value is -1.95. The van der Waals surface area contributed by atoms with Crippen LogP contribution in [0, 0.1) is 6.92 Å². The second-order valence-corrected chi connectivity index (χ2v) is 10.2. The first-order chi connectivity index (χ1) is 12.4. The van der Waals surface area contributed by atoms with Crippen molar-refractivity contribution in [3.8, 4) is 0 Å². The van der Waals surface area contributed by atoms with E-state index in [-0.39, 0.29) is 18.2 Å². The van der Waals surface area contributed by atoms with E-state index in [1.807, 2.05) is 31.2 Å². The highest BCUT2D eigenvalue weighted by atomic mass is 32.2. The number of sulfone groups is 1. The van der Waals surface area contributed by atoms with Gasteiger partial charge in [-0.15, -0.1) is 0 Å². The number of pyridine rings is 1. The molecule has 26 heavy (non-hydrogen) atoms. The van der Waals surface area contributed by atoms with Crippen molar-refractivity contribution < 1.29 is 13.2 Å². The lowest BCUT2D eigenvalue weighted by Gasteiger charge is -2.44. The Morgan fingerprint density at radius 3 is 2.65 bits per heavy atom. The Labute approximate surface area is 154 Å². The molecule has 2 aliphatic rings. The Balaban J connectivity index is 1.63. The molecule has 1 aliphatic carbocycles. The first-order valence-electron chi connectivity index (χ1n) is 9.29. The molecule has 1 amide bonds. The molecule has 2 fully saturated rings. The molecule has 1 saturated carbocycles. The molecule has 6 heteroatoms. The Bertz CT molecular complexity index is 962. The van der Waals surface area contributed by atoms with E-state index in [1.54, 1.807) is 11.0 Å². The maximum absolute atomic E-state index is 13.1. The van der Waals surface area contributed by atoms with Crippen LogP contribution in [0.25, 0.3) is 10.9 Å². The fraction of sp³-hybridized carbons (Fsp3) is 0.500. The van der Waals surface area contributed by atoms with Gasteiger partial charge in [-0.1, -0.05) is 25.3 Å². The molecule has 2 aromatic rings. The third-order valence-electron chi connectivity index (χ3n) is 5.90. The van der Waals surface area contributed by atoms with Crippen LogP contribution in [0.15, 0.2) is 30.3 Å². The van der Waals surface area contributed by atoms with Crippen LogP contribution in [0.1, 0.15) is 48.2 Å². The molecule has 1 spiro atoms. The molecule has 0 bridgehead atoms. The lowest BCUT2D eigenvalue weighted by Crippen LogP contribution is -2.58. The van der Waals surface area contributed by atoms with Gasteiger partial charge in [0.15, 0.2) is 9.84 Å². The number of hydrogen-bond acceptors (Lipinski definition) is 4. The molecule has 0 N–H and O–H groups in total. The second-order valence-electron chi connectivity index (χ2n) is 7.65. The number of nitrogens with zero attached hydrogens (tertiary/aromatic N) is 2. The summed E-state index contributed by atoms with van der Waals surface area (Å²) in [7, 11) is -3.14. The van der Waals surface area contributed by atoms with Gasteiger partial charge >= 0.3 is 0 Å². The summed E-state index contributed by atoms with van der Waals surface area (Å²) in [6.07, 6.45) is 4.31. The fourth-order valence-corrected chi connectivity index (χ4v) is 6.51. The summed E-state index contributed by atoms with van der Waals surface area (Å²) in [5.41, 5.74) is 2.41. The number of carbonyl (C=O) groups is 1. The molecule has 4 rings (SSSR count). The van der Waals surface area contributed by atoms with Crippen LogP contribution in [0.3, 0.4) is 0 Å². The predicted molar refractivity (Wildman–Crippen MR) is 102 cm³/mol. The van der Waals surface area contributed by atoms with Gasteiger partial charge in [0.05, 0.1) is 16.0 Å². The molecule has 5 nitrogen and oxygen atoms in total. The SMILES string of the molecule is Cc1ccc2cc(C(=O)N3CCS(=O)(=O)C4(CCCCC4)C3)ccc2n1. The molecular formula is C20H24N2O3S. The Morgan fingerprint density at radius 2 is 1.88 bits per heavy atom. The maximum atomic E-state index is 13.1. The minimum atomic E-state index is -3.14. The number of rotatable bonds is 1. The van der Waals surface area contributed by atoms with E-state index in [9.17, 15) is 13.2 Å². The number of aromatic nitrogens is 1. The first-order valence-corrected chi connectivity index (χ1v) is 10.9. The van der Waals surface area contributed by atoms with Gasteiger partial charge in [0.25, 0.3) is 5.91 Å². The molecule has 0 atom stereocenters.